The van der Waals surface area contributed by atoms with Gasteiger partial charge in [-0.2, -0.15) is 5.26 Å². The molecule has 1 aliphatic rings. The lowest BCUT2D eigenvalue weighted by atomic mass is 10.1. The van der Waals surface area contributed by atoms with E-state index >= 15 is 0 Å². The van der Waals surface area contributed by atoms with Crippen LogP contribution in [0.2, 0.25) is 0 Å². The lowest BCUT2D eigenvalue weighted by Crippen LogP contribution is -2.49. The second-order valence-corrected chi connectivity index (χ2v) is 6.45. The normalized spacial score (nSPS) is 14.2. The van der Waals surface area contributed by atoms with E-state index in [0.717, 1.165) is 5.69 Å². The molecule has 1 aliphatic heterocycles. The number of carbonyl (C=O) groups excluding carboxylic acids is 2. The van der Waals surface area contributed by atoms with Gasteiger partial charge in [0, 0.05) is 43.6 Å². The Morgan fingerprint density at radius 1 is 1.23 bits per heavy atom. The van der Waals surface area contributed by atoms with Crippen molar-refractivity contribution in [3.05, 3.63) is 46.4 Å². The number of aromatic amines is 1. The van der Waals surface area contributed by atoms with E-state index in [-0.39, 0.29) is 11.7 Å². The molecule has 0 saturated carbocycles. The summed E-state index contributed by atoms with van der Waals surface area (Å²) < 4.78 is 0. The molecule has 1 amide bonds. The molecule has 0 unspecified atom stereocenters. The summed E-state index contributed by atoms with van der Waals surface area (Å²) in [6.45, 7) is 7.40. The Hall–Kier alpha value is -3.14. The minimum absolute atomic E-state index is 0.0423. The molecule has 0 atom stereocenters. The first kappa shape index (κ1) is 17.7. The molecule has 7 heteroatoms. The molecule has 1 N–H and O–H groups in total. The molecule has 7 nitrogen and oxygen atoms in total. The quantitative estimate of drug-likeness (QED) is 0.855. The molecule has 0 aliphatic carbocycles. The number of H-pyrrole nitrogens is 1. The van der Waals surface area contributed by atoms with Gasteiger partial charge in [0.2, 0.25) is 0 Å². The molecule has 26 heavy (non-hydrogen) atoms. The molecule has 0 spiro atoms. The van der Waals surface area contributed by atoms with Gasteiger partial charge in [-0.25, -0.2) is 4.98 Å². The zero-order chi connectivity index (χ0) is 18.8. The zero-order valence-corrected chi connectivity index (χ0v) is 15.2. The molecule has 0 bridgehead atoms. The summed E-state index contributed by atoms with van der Waals surface area (Å²) in [6.07, 6.45) is 1.67. The van der Waals surface area contributed by atoms with Crippen LogP contribution in [0.15, 0.2) is 18.3 Å². The van der Waals surface area contributed by atoms with Crippen LogP contribution in [-0.2, 0) is 0 Å². The van der Waals surface area contributed by atoms with Gasteiger partial charge in [-0.3, -0.25) is 9.59 Å². The zero-order valence-electron chi connectivity index (χ0n) is 15.2. The van der Waals surface area contributed by atoms with Crippen molar-refractivity contribution in [3.8, 4) is 6.07 Å². The maximum absolute atomic E-state index is 12.9. The lowest BCUT2D eigenvalue weighted by molar-refractivity contribution is 0.0740. The SMILES string of the molecule is CC(=O)c1c(C)[nH]c(C(=O)N2CCN(c3ncccc3C#N)CC2)c1C. The van der Waals surface area contributed by atoms with E-state index in [4.69, 9.17) is 0 Å². The summed E-state index contributed by atoms with van der Waals surface area (Å²) in [7, 11) is 0. The third-order valence-electron chi connectivity index (χ3n) is 4.78. The highest BCUT2D eigenvalue weighted by molar-refractivity contribution is 6.02. The smallest absolute Gasteiger partial charge is 0.270 e. The second kappa shape index (κ2) is 7.00. The number of hydrogen-bond acceptors (Lipinski definition) is 5. The number of pyridine rings is 1. The van der Waals surface area contributed by atoms with Gasteiger partial charge in [0.1, 0.15) is 17.6 Å². The standard InChI is InChI=1S/C19H21N5O2/c1-12-16(14(3)25)13(2)22-17(12)19(26)24-9-7-23(8-10-24)18-15(11-20)5-4-6-21-18/h4-6,22H,7-10H2,1-3H3. The van der Waals surface area contributed by atoms with E-state index in [1.807, 2.05) is 11.8 Å². The van der Waals surface area contributed by atoms with Gasteiger partial charge in [0.25, 0.3) is 5.91 Å². The van der Waals surface area contributed by atoms with E-state index in [9.17, 15) is 14.9 Å². The number of aryl methyl sites for hydroxylation is 1. The number of ketones is 1. The first-order valence-corrected chi connectivity index (χ1v) is 8.53. The van der Waals surface area contributed by atoms with Crippen LogP contribution in [0, 0.1) is 25.2 Å². The fourth-order valence-corrected chi connectivity index (χ4v) is 3.51. The fraction of sp³-hybridized carbons (Fsp3) is 0.368. The minimum Gasteiger partial charge on any atom is -0.354 e. The number of amides is 1. The highest BCUT2D eigenvalue weighted by Gasteiger charge is 2.27. The molecule has 1 fully saturated rings. The maximum atomic E-state index is 12.9. The van der Waals surface area contributed by atoms with E-state index in [2.05, 4.69) is 16.0 Å². The van der Waals surface area contributed by atoms with Crippen molar-refractivity contribution in [2.45, 2.75) is 20.8 Å². The maximum Gasteiger partial charge on any atom is 0.270 e. The van der Waals surface area contributed by atoms with Crippen LogP contribution < -0.4 is 4.90 Å². The summed E-state index contributed by atoms with van der Waals surface area (Å²) in [5, 5.41) is 9.23. The largest absolute Gasteiger partial charge is 0.354 e. The molecule has 1 saturated heterocycles. The van der Waals surface area contributed by atoms with E-state index in [0.29, 0.717) is 54.4 Å². The monoisotopic (exact) mass is 351 g/mol. The minimum atomic E-state index is -0.0979. The molecule has 2 aromatic heterocycles. The van der Waals surface area contributed by atoms with Crippen molar-refractivity contribution in [1.29, 1.82) is 5.26 Å². The Morgan fingerprint density at radius 3 is 2.50 bits per heavy atom. The Kier molecular flexibility index (Phi) is 4.76. The van der Waals surface area contributed by atoms with Gasteiger partial charge in [-0.05, 0) is 38.5 Å². The van der Waals surface area contributed by atoms with Crippen molar-refractivity contribution < 1.29 is 9.59 Å². The molecular weight excluding hydrogens is 330 g/mol. The number of rotatable bonds is 3. The van der Waals surface area contributed by atoms with Crippen LogP contribution in [0.4, 0.5) is 5.82 Å². The summed E-state index contributed by atoms with van der Waals surface area (Å²) >= 11 is 0. The number of carbonyl (C=O) groups is 2. The van der Waals surface area contributed by atoms with Gasteiger partial charge >= 0.3 is 0 Å². The average Bonchev–Trinajstić information content (AvgIpc) is 2.95. The number of aromatic nitrogens is 2. The lowest BCUT2D eigenvalue weighted by Gasteiger charge is -2.35. The average molecular weight is 351 g/mol. The summed E-state index contributed by atoms with van der Waals surface area (Å²) in [5.41, 5.74) is 3.05. The number of piperazine rings is 1. The topological polar surface area (TPSA) is 93.1 Å². The van der Waals surface area contributed by atoms with Gasteiger partial charge in [0.05, 0.1) is 5.56 Å². The number of nitrogens with one attached hydrogen (secondary N) is 1. The predicted molar refractivity (Wildman–Crippen MR) is 97.3 cm³/mol. The number of anilines is 1. The first-order chi connectivity index (χ1) is 12.4. The van der Waals surface area contributed by atoms with Gasteiger partial charge in [-0.1, -0.05) is 0 Å². The van der Waals surface area contributed by atoms with Crippen LogP contribution in [-0.4, -0.2) is 52.7 Å². The summed E-state index contributed by atoms with van der Waals surface area (Å²) in [4.78, 5) is 35.8. The molecule has 2 aromatic rings. The van der Waals surface area contributed by atoms with Crippen LogP contribution in [0.25, 0.3) is 0 Å². The molecule has 3 heterocycles. The number of nitriles is 1. The van der Waals surface area contributed by atoms with Crippen molar-refractivity contribution in [2.24, 2.45) is 0 Å². The van der Waals surface area contributed by atoms with Crippen molar-refractivity contribution in [3.63, 3.8) is 0 Å². The van der Waals surface area contributed by atoms with Crippen molar-refractivity contribution >= 4 is 17.5 Å². The van der Waals surface area contributed by atoms with Crippen LogP contribution in [0.3, 0.4) is 0 Å². The first-order valence-electron chi connectivity index (χ1n) is 8.53. The fourth-order valence-electron chi connectivity index (χ4n) is 3.51. The second-order valence-electron chi connectivity index (χ2n) is 6.45. The molecular formula is C19H21N5O2. The summed E-state index contributed by atoms with van der Waals surface area (Å²) in [6, 6.07) is 5.64. The highest BCUT2D eigenvalue weighted by atomic mass is 16.2. The Balaban J connectivity index is 1.75. The number of hydrogen-bond donors (Lipinski definition) is 1. The Labute approximate surface area is 152 Å². The van der Waals surface area contributed by atoms with Crippen LogP contribution in [0.1, 0.15) is 44.6 Å². The predicted octanol–water partition coefficient (Wildman–Crippen LogP) is 2.06. The number of Topliss-reactive ketones (excluding diaryl/α,β-unsaturated/α-hetero) is 1. The van der Waals surface area contributed by atoms with Crippen molar-refractivity contribution in [2.75, 3.05) is 31.1 Å². The van der Waals surface area contributed by atoms with Crippen LogP contribution in [0.5, 0.6) is 0 Å². The molecule has 134 valence electrons. The highest BCUT2D eigenvalue weighted by Crippen LogP contribution is 2.22. The Morgan fingerprint density at radius 2 is 1.92 bits per heavy atom. The molecule has 0 aromatic carbocycles. The molecule has 3 rings (SSSR count). The van der Waals surface area contributed by atoms with Gasteiger partial charge in [-0.15, -0.1) is 0 Å². The third-order valence-corrected chi connectivity index (χ3v) is 4.78. The van der Waals surface area contributed by atoms with Gasteiger partial charge in [0.15, 0.2) is 5.78 Å². The summed E-state index contributed by atoms with van der Waals surface area (Å²) in [5.74, 6) is 0.520. The Bertz CT molecular complexity index is 901. The van der Waals surface area contributed by atoms with Gasteiger partial charge < -0.3 is 14.8 Å². The van der Waals surface area contributed by atoms with E-state index in [1.54, 1.807) is 30.2 Å². The third kappa shape index (κ3) is 3.06. The van der Waals surface area contributed by atoms with Crippen LogP contribution >= 0.6 is 0 Å². The van der Waals surface area contributed by atoms with E-state index < -0.39 is 0 Å². The number of nitrogens with zero attached hydrogens (tertiary/aromatic N) is 4. The molecule has 0 radical (unpaired) electrons. The van der Waals surface area contributed by atoms with E-state index in [1.165, 1.54) is 6.92 Å². The van der Waals surface area contributed by atoms with Crippen molar-refractivity contribution in [1.82, 2.24) is 14.9 Å².